The smallest absolute Gasteiger partial charge is 0.311 e. The van der Waals surface area contributed by atoms with Gasteiger partial charge in [-0.25, -0.2) is 0 Å². The van der Waals surface area contributed by atoms with Gasteiger partial charge in [0.1, 0.15) is 17.4 Å². The Morgan fingerprint density at radius 2 is 1.91 bits per heavy atom. The van der Waals surface area contributed by atoms with E-state index in [9.17, 15) is 14.4 Å². The van der Waals surface area contributed by atoms with Crippen molar-refractivity contribution in [1.82, 2.24) is 4.90 Å². The van der Waals surface area contributed by atoms with Gasteiger partial charge in [-0.3, -0.25) is 14.4 Å². The molecule has 2 N–H and O–H groups in total. The Bertz CT molecular complexity index is 1130. The van der Waals surface area contributed by atoms with Gasteiger partial charge in [0.15, 0.2) is 6.61 Å². The predicted molar refractivity (Wildman–Crippen MR) is 118 cm³/mol. The van der Waals surface area contributed by atoms with Crippen molar-refractivity contribution < 1.29 is 23.9 Å². The number of carbonyl (C=O) groups is 3. The van der Waals surface area contributed by atoms with Gasteiger partial charge in [-0.05, 0) is 37.3 Å². The molecule has 1 aliphatic rings. The summed E-state index contributed by atoms with van der Waals surface area (Å²) in [5.74, 6) is -1.25. The molecular formula is C24H25N3O5. The van der Waals surface area contributed by atoms with Crippen LogP contribution in [0.25, 0.3) is 10.8 Å². The van der Waals surface area contributed by atoms with Gasteiger partial charge in [0, 0.05) is 29.7 Å². The largest absolute Gasteiger partial charge is 0.496 e. The van der Waals surface area contributed by atoms with Crippen LogP contribution in [0.15, 0.2) is 47.7 Å². The molecule has 2 aromatic carbocycles. The average Bonchev–Trinajstić information content (AvgIpc) is 2.81. The maximum absolute atomic E-state index is 13.3. The van der Waals surface area contributed by atoms with Crippen LogP contribution >= 0.6 is 0 Å². The second-order valence-corrected chi connectivity index (χ2v) is 7.65. The lowest BCUT2D eigenvalue weighted by atomic mass is 9.96. The molecule has 3 rings (SSSR count). The molecular weight excluding hydrogens is 410 g/mol. The summed E-state index contributed by atoms with van der Waals surface area (Å²) < 4.78 is 10.5. The van der Waals surface area contributed by atoms with Crippen LogP contribution in [0.3, 0.4) is 0 Å². The van der Waals surface area contributed by atoms with Gasteiger partial charge in [0.2, 0.25) is 5.78 Å². The quantitative estimate of drug-likeness (QED) is 0.420. The van der Waals surface area contributed by atoms with Crippen LogP contribution in [-0.2, 0) is 14.3 Å². The fraction of sp³-hybridized carbons (Fsp3) is 0.333. The third-order valence-electron chi connectivity index (χ3n) is 5.51. The molecule has 1 amide bonds. The van der Waals surface area contributed by atoms with Crippen molar-refractivity contribution in [2.75, 3.05) is 26.8 Å². The Kier molecular flexibility index (Phi) is 7.11. The summed E-state index contributed by atoms with van der Waals surface area (Å²) in [4.78, 5) is 39.5. The van der Waals surface area contributed by atoms with E-state index >= 15 is 0 Å². The van der Waals surface area contributed by atoms with E-state index in [0.717, 1.165) is 10.8 Å². The van der Waals surface area contributed by atoms with Gasteiger partial charge in [-0.2, -0.15) is 5.26 Å². The van der Waals surface area contributed by atoms with E-state index in [1.54, 1.807) is 30.2 Å². The van der Waals surface area contributed by atoms with Crippen molar-refractivity contribution in [3.63, 3.8) is 0 Å². The summed E-state index contributed by atoms with van der Waals surface area (Å²) in [5.41, 5.74) is 5.90. The summed E-state index contributed by atoms with van der Waals surface area (Å²) in [6.07, 6.45) is 1.19. The fourth-order valence-corrected chi connectivity index (χ4v) is 3.86. The normalized spacial score (nSPS) is 16.7. The van der Waals surface area contributed by atoms with E-state index < -0.39 is 24.3 Å². The minimum absolute atomic E-state index is 0.0784. The highest BCUT2D eigenvalue weighted by Gasteiger charge is 2.31. The van der Waals surface area contributed by atoms with Gasteiger partial charge in [0.05, 0.1) is 13.0 Å². The van der Waals surface area contributed by atoms with E-state index in [4.69, 9.17) is 20.5 Å². The van der Waals surface area contributed by atoms with Crippen molar-refractivity contribution in [3.8, 4) is 11.8 Å². The highest BCUT2D eigenvalue weighted by atomic mass is 16.5. The Morgan fingerprint density at radius 3 is 2.56 bits per heavy atom. The molecule has 1 fully saturated rings. The molecule has 0 aromatic heterocycles. The molecule has 1 unspecified atom stereocenters. The topological polar surface area (TPSA) is 123 Å². The number of rotatable bonds is 6. The molecule has 1 heterocycles. The first-order chi connectivity index (χ1) is 15.4. The van der Waals surface area contributed by atoms with E-state index in [1.165, 1.54) is 6.92 Å². The number of esters is 1. The fourth-order valence-electron chi connectivity index (χ4n) is 3.86. The third-order valence-corrected chi connectivity index (χ3v) is 5.51. The number of methoxy groups -OCH3 is 1. The second-order valence-electron chi connectivity index (χ2n) is 7.65. The number of benzene rings is 2. The minimum atomic E-state index is -0.644. The molecule has 0 aliphatic carbocycles. The number of carbonyl (C=O) groups excluding carboxylic acids is 3. The van der Waals surface area contributed by atoms with Crippen molar-refractivity contribution in [1.29, 1.82) is 5.26 Å². The van der Waals surface area contributed by atoms with Gasteiger partial charge in [-0.1, -0.05) is 24.3 Å². The van der Waals surface area contributed by atoms with Gasteiger partial charge in [-0.15, -0.1) is 0 Å². The van der Waals surface area contributed by atoms with E-state index in [-0.39, 0.29) is 23.7 Å². The molecule has 1 atom stereocenters. The summed E-state index contributed by atoms with van der Waals surface area (Å²) in [6.45, 7) is 1.61. The summed E-state index contributed by atoms with van der Waals surface area (Å²) in [6, 6.07) is 12.7. The number of nitrogens with two attached hydrogens (primary N) is 1. The van der Waals surface area contributed by atoms with E-state index in [1.807, 2.05) is 24.3 Å². The van der Waals surface area contributed by atoms with Crippen molar-refractivity contribution in [2.24, 2.45) is 11.7 Å². The Balaban J connectivity index is 1.71. The number of hydrogen-bond acceptors (Lipinski definition) is 7. The molecule has 0 bridgehead atoms. The lowest BCUT2D eigenvalue weighted by molar-refractivity contribution is -0.152. The third kappa shape index (κ3) is 4.72. The number of hydrogen-bond donors (Lipinski definition) is 1. The van der Waals surface area contributed by atoms with E-state index in [0.29, 0.717) is 30.7 Å². The summed E-state index contributed by atoms with van der Waals surface area (Å²) >= 11 is 0. The van der Waals surface area contributed by atoms with Crippen LogP contribution in [0, 0.1) is 17.2 Å². The number of ketones is 1. The number of amides is 1. The first-order valence-electron chi connectivity index (χ1n) is 10.3. The van der Waals surface area contributed by atoms with Gasteiger partial charge in [0.25, 0.3) is 5.91 Å². The monoisotopic (exact) mass is 435 g/mol. The lowest BCUT2D eigenvalue weighted by Gasteiger charge is -2.32. The molecule has 0 radical (unpaired) electrons. The molecule has 32 heavy (non-hydrogen) atoms. The van der Waals surface area contributed by atoms with Crippen LogP contribution in [-0.4, -0.2) is 49.4 Å². The van der Waals surface area contributed by atoms with E-state index in [2.05, 4.69) is 0 Å². The number of Topliss-reactive ketones (excluding diaryl/α,β-unsaturated/α-hetero) is 1. The van der Waals surface area contributed by atoms with Gasteiger partial charge < -0.3 is 20.1 Å². The molecule has 0 spiro atoms. The zero-order chi connectivity index (χ0) is 23.3. The SMILES string of the molecule is COc1ccc(C(=O)N2CCCC(C(=O)OCC(=O)/C(C#N)=C(\C)N)C2)c2ccccc12. The van der Waals surface area contributed by atoms with Crippen LogP contribution in [0.4, 0.5) is 0 Å². The zero-order valence-electron chi connectivity index (χ0n) is 18.1. The number of allylic oxidation sites excluding steroid dienone is 1. The molecule has 1 aliphatic heterocycles. The molecule has 166 valence electrons. The highest BCUT2D eigenvalue weighted by Crippen LogP contribution is 2.30. The maximum Gasteiger partial charge on any atom is 0.311 e. The molecule has 2 aromatic rings. The number of ether oxygens (including phenoxy) is 2. The number of nitriles is 1. The Hall–Kier alpha value is -3.86. The Morgan fingerprint density at radius 1 is 1.19 bits per heavy atom. The Labute approximate surface area is 186 Å². The highest BCUT2D eigenvalue weighted by molar-refractivity contribution is 6.08. The number of nitrogens with zero attached hydrogens (tertiary/aromatic N) is 2. The van der Waals surface area contributed by atoms with Crippen LogP contribution in [0.5, 0.6) is 5.75 Å². The first-order valence-corrected chi connectivity index (χ1v) is 10.3. The van der Waals surface area contributed by atoms with Crippen LogP contribution in [0.2, 0.25) is 0 Å². The maximum atomic E-state index is 13.3. The van der Waals surface area contributed by atoms with Gasteiger partial charge >= 0.3 is 5.97 Å². The predicted octanol–water partition coefficient (Wildman–Crippen LogP) is 2.57. The van der Waals surface area contributed by atoms with Crippen molar-refractivity contribution >= 4 is 28.4 Å². The molecule has 0 saturated carbocycles. The first kappa shape index (κ1) is 22.8. The lowest BCUT2D eigenvalue weighted by Crippen LogP contribution is -2.43. The standard InChI is InChI=1S/C24H25N3O5/c1-15(26)20(12-25)21(28)14-32-24(30)16-6-5-11-27(13-16)23(29)19-9-10-22(31-2)18-8-4-3-7-17(18)19/h3-4,7-10,16H,5-6,11,13-14,26H2,1-2H3/b20-15+. The second kappa shape index (κ2) is 9.96. The van der Waals surface area contributed by atoms with Crippen molar-refractivity contribution in [2.45, 2.75) is 19.8 Å². The van der Waals surface area contributed by atoms with Crippen LogP contribution < -0.4 is 10.5 Å². The summed E-state index contributed by atoms with van der Waals surface area (Å²) in [7, 11) is 1.58. The number of likely N-dealkylation sites (tertiary alicyclic amines) is 1. The number of fused-ring (bicyclic) bond motifs is 1. The zero-order valence-corrected chi connectivity index (χ0v) is 18.1. The van der Waals surface area contributed by atoms with Crippen LogP contribution in [0.1, 0.15) is 30.1 Å². The minimum Gasteiger partial charge on any atom is -0.496 e. The average molecular weight is 435 g/mol. The number of piperidine rings is 1. The summed E-state index contributed by atoms with van der Waals surface area (Å²) in [5, 5.41) is 10.6. The molecule has 1 saturated heterocycles. The molecule has 8 nitrogen and oxygen atoms in total. The van der Waals surface area contributed by atoms with Crippen molar-refractivity contribution in [3.05, 3.63) is 53.2 Å². The molecule has 8 heteroatoms.